The van der Waals surface area contributed by atoms with Crippen LogP contribution < -0.4 is 11.3 Å². The van der Waals surface area contributed by atoms with E-state index in [0.29, 0.717) is 6.04 Å². The Labute approximate surface area is 110 Å². The number of hydrogen-bond donors (Lipinski definition) is 2. The monoisotopic (exact) mass is 247 g/mol. The van der Waals surface area contributed by atoms with Gasteiger partial charge in [0.2, 0.25) is 0 Å². The van der Waals surface area contributed by atoms with Gasteiger partial charge in [0.1, 0.15) is 0 Å². The van der Waals surface area contributed by atoms with E-state index < -0.39 is 0 Å². The van der Waals surface area contributed by atoms with Crippen LogP contribution in [0.15, 0.2) is 24.5 Å². The van der Waals surface area contributed by atoms with Gasteiger partial charge in [-0.05, 0) is 42.9 Å². The summed E-state index contributed by atoms with van der Waals surface area (Å²) in [6, 6.07) is 4.64. The Hall–Kier alpha value is -0.930. The summed E-state index contributed by atoms with van der Waals surface area (Å²) in [6.45, 7) is 0. The van der Waals surface area contributed by atoms with Crippen molar-refractivity contribution >= 4 is 0 Å². The molecule has 0 aliphatic heterocycles. The van der Waals surface area contributed by atoms with Crippen molar-refractivity contribution in [3.63, 3.8) is 0 Å². The van der Waals surface area contributed by atoms with E-state index in [1.807, 2.05) is 12.4 Å². The van der Waals surface area contributed by atoms with Gasteiger partial charge < -0.3 is 0 Å². The Bertz CT molecular complexity index is 320. The molecular formula is C15H25N3. The molecule has 0 radical (unpaired) electrons. The third-order valence-electron chi connectivity index (χ3n) is 4.11. The average molecular weight is 247 g/mol. The first kappa shape index (κ1) is 13.5. The van der Waals surface area contributed by atoms with E-state index >= 15 is 0 Å². The zero-order valence-electron chi connectivity index (χ0n) is 11.1. The van der Waals surface area contributed by atoms with Crippen molar-refractivity contribution in [2.24, 2.45) is 11.8 Å². The van der Waals surface area contributed by atoms with E-state index in [-0.39, 0.29) is 0 Å². The number of aryl methyl sites for hydroxylation is 1. The summed E-state index contributed by atoms with van der Waals surface area (Å²) in [5, 5.41) is 0. The fourth-order valence-corrected chi connectivity index (χ4v) is 2.98. The predicted octanol–water partition coefficient (Wildman–Crippen LogP) is 2.82. The van der Waals surface area contributed by atoms with Crippen LogP contribution in [0.25, 0.3) is 0 Å². The lowest BCUT2D eigenvalue weighted by atomic mass is 9.84. The van der Waals surface area contributed by atoms with Crippen LogP contribution in [0.4, 0.5) is 0 Å². The second-order valence-electron chi connectivity index (χ2n) is 5.50. The Morgan fingerprint density at radius 2 is 1.94 bits per heavy atom. The number of nitrogens with zero attached hydrogens (tertiary/aromatic N) is 1. The molecule has 0 amide bonds. The van der Waals surface area contributed by atoms with Crippen molar-refractivity contribution in [3.8, 4) is 0 Å². The molecule has 1 aromatic heterocycles. The van der Waals surface area contributed by atoms with Gasteiger partial charge in [0.05, 0.1) is 0 Å². The first-order valence-corrected chi connectivity index (χ1v) is 7.23. The van der Waals surface area contributed by atoms with Gasteiger partial charge in [0, 0.05) is 18.4 Å². The summed E-state index contributed by atoms with van der Waals surface area (Å²) in [4.78, 5) is 4.05. The molecule has 0 aromatic carbocycles. The molecule has 1 aliphatic rings. The maximum atomic E-state index is 5.69. The Morgan fingerprint density at radius 3 is 2.61 bits per heavy atom. The van der Waals surface area contributed by atoms with Crippen molar-refractivity contribution < 1.29 is 0 Å². The van der Waals surface area contributed by atoms with Crippen LogP contribution in [0.3, 0.4) is 0 Å². The number of aromatic nitrogens is 1. The highest BCUT2D eigenvalue weighted by Gasteiger charge is 2.18. The third kappa shape index (κ3) is 4.39. The van der Waals surface area contributed by atoms with Gasteiger partial charge in [-0.2, -0.15) is 0 Å². The molecule has 0 bridgehead atoms. The number of rotatable bonds is 6. The molecule has 100 valence electrons. The Balaban J connectivity index is 1.74. The minimum atomic E-state index is 0.460. The van der Waals surface area contributed by atoms with Crippen LogP contribution >= 0.6 is 0 Å². The molecule has 0 spiro atoms. The van der Waals surface area contributed by atoms with Crippen molar-refractivity contribution in [2.75, 3.05) is 0 Å². The van der Waals surface area contributed by atoms with E-state index in [0.717, 1.165) is 18.8 Å². The molecule has 3 heteroatoms. The molecule has 1 atom stereocenters. The van der Waals surface area contributed by atoms with E-state index in [4.69, 9.17) is 5.84 Å². The van der Waals surface area contributed by atoms with Crippen molar-refractivity contribution in [2.45, 2.75) is 57.4 Å². The van der Waals surface area contributed by atoms with Gasteiger partial charge in [0.15, 0.2) is 0 Å². The zero-order chi connectivity index (χ0) is 12.6. The molecule has 0 saturated heterocycles. The maximum Gasteiger partial charge on any atom is 0.0270 e. The van der Waals surface area contributed by atoms with Crippen LogP contribution in [0, 0.1) is 5.92 Å². The van der Waals surface area contributed by atoms with Crippen LogP contribution in [-0.4, -0.2) is 11.0 Å². The molecule has 1 fully saturated rings. The van der Waals surface area contributed by atoms with Crippen LogP contribution in [0.2, 0.25) is 0 Å². The number of nitrogens with two attached hydrogens (primary N) is 1. The zero-order valence-corrected chi connectivity index (χ0v) is 11.1. The Kier molecular flexibility index (Phi) is 5.62. The predicted molar refractivity (Wildman–Crippen MR) is 74.9 cm³/mol. The second-order valence-corrected chi connectivity index (χ2v) is 5.50. The normalized spacial score (nSPS) is 18.7. The highest BCUT2D eigenvalue weighted by atomic mass is 15.2. The maximum absolute atomic E-state index is 5.69. The topological polar surface area (TPSA) is 50.9 Å². The van der Waals surface area contributed by atoms with Gasteiger partial charge in [-0.3, -0.25) is 16.3 Å². The molecule has 18 heavy (non-hydrogen) atoms. The molecular weight excluding hydrogens is 222 g/mol. The van der Waals surface area contributed by atoms with Crippen molar-refractivity contribution in [3.05, 3.63) is 30.1 Å². The fourth-order valence-electron chi connectivity index (χ4n) is 2.98. The molecule has 1 aliphatic carbocycles. The standard InChI is InChI=1S/C15H25N3/c16-18-15(12-14-4-2-1-3-5-14)7-6-13-8-10-17-11-9-13/h8-11,14-15,18H,1-7,12,16H2. The lowest BCUT2D eigenvalue weighted by molar-refractivity contribution is 0.292. The highest BCUT2D eigenvalue weighted by molar-refractivity contribution is 5.09. The molecule has 1 saturated carbocycles. The quantitative estimate of drug-likeness (QED) is 0.600. The van der Waals surface area contributed by atoms with E-state index in [1.54, 1.807) is 0 Å². The molecule has 3 nitrogen and oxygen atoms in total. The first-order valence-electron chi connectivity index (χ1n) is 7.23. The minimum Gasteiger partial charge on any atom is -0.271 e. The lowest BCUT2D eigenvalue weighted by Crippen LogP contribution is -2.37. The van der Waals surface area contributed by atoms with Gasteiger partial charge in [0.25, 0.3) is 0 Å². The number of hydrazine groups is 1. The second kappa shape index (κ2) is 7.49. The van der Waals surface area contributed by atoms with E-state index in [9.17, 15) is 0 Å². The summed E-state index contributed by atoms with van der Waals surface area (Å²) in [6.07, 6.45) is 14.2. The van der Waals surface area contributed by atoms with Gasteiger partial charge in [-0.25, -0.2) is 0 Å². The largest absolute Gasteiger partial charge is 0.271 e. The molecule has 2 rings (SSSR count). The van der Waals surface area contributed by atoms with Crippen LogP contribution in [-0.2, 0) is 6.42 Å². The Morgan fingerprint density at radius 1 is 1.22 bits per heavy atom. The fraction of sp³-hybridized carbons (Fsp3) is 0.667. The van der Waals surface area contributed by atoms with Crippen LogP contribution in [0.5, 0.6) is 0 Å². The van der Waals surface area contributed by atoms with E-state index in [1.165, 1.54) is 44.1 Å². The summed E-state index contributed by atoms with van der Waals surface area (Å²) in [7, 11) is 0. The summed E-state index contributed by atoms with van der Waals surface area (Å²) in [5.41, 5.74) is 4.36. The summed E-state index contributed by atoms with van der Waals surface area (Å²) >= 11 is 0. The third-order valence-corrected chi connectivity index (χ3v) is 4.11. The molecule has 1 aromatic rings. The SMILES string of the molecule is NNC(CCc1ccncc1)CC1CCCCC1. The lowest BCUT2D eigenvalue weighted by Gasteiger charge is -2.26. The van der Waals surface area contributed by atoms with Crippen LogP contribution in [0.1, 0.15) is 50.5 Å². The number of nitrogens with one attached hydrogen (secondary N) is 1. The van der Waals surface area contributed by atoms with Gasteiger partial charge in [-0.15, -0.1) is 0 Å². The number of pyridine rings is 1. The molecule has 1 unspecified atom stereocenters. The minimum absolute atomic E-state index is 0.460. The molecule has 3 N–H and O–H groups in total. The summed E-state index contributed by atoms with van der Waals surface area (Å²) in [5.74, 6) is 6.58. The highest BCUT2D eigenvalue weighted by Crippen LogP contribution is 2.28. The van der Waals surface area contributed by atoms with Crippen molar-refractivity contribution in [1.29, 1.82) is 0 Å². The van der Waals surface area contributed by atoms with E-state index in [2.05, 4.69) is 22.5 Å². The average Bonchev–Trinajstić information content (AvgIpc) is 2.45. The summed E-state index contributed by atoms with van der Waals surface area (Å²) < 4.78 is 0. The van der Waals surface area contributed by atoms with Crippen molar-refractivity contribution in [1.82, 2.24) is 10.4 Å². The smallest absolute Gasteiger partial charge is 0.0270 e. The van der Waals surface area contributed by atoms with Gasteiger partial charge in [-0.1, -0.05) is 32.1 Å². The molecule has 1 heterocycles. The number of hydrogen-bond acceptors (Lipinski definition) is 3. The first-order chi connectivity index (χ1) is 8.88. The van der Waals surface area contributed by atoms with Gasteiger partial charge >= 0.3 is 0 Å².